The molecule has 1 aromatic rings. The molecule has 0 aliphatic carbocycles. The first-order chi connectivity index (χ1) is 8.13. The lowest BCUT2D eigenvalue weighted by atomic mass is 10.1. The number of amides is 2. The number of nitrogens with zero attached hydrogens (tertiary/aromatic N) is 2. The molecule has 94 valence electrons. The van der Waals surface area contributed by atoms with Gasteiger partial charge in [-0.2, -0.15) is 0 Å². The topological polar surface area (TPSA) is 70.4 Å². The van der Waals surface area contributed by atoms with Crippen LogP contribution in [0.5, 0.6) is 0 Å². The van der Waals surface area contributed by atoms with Gasteiger partial charge in [0, 0.05) is 12.1 Å². The summed E-state index contributed by atoms with van der Waals surface area (Å²) in [6.45, 7) is 3.83. The third-order valence-electron chi connectivity index (χ3n) is 2.92. The van der Waals surface area contributed by atoms with Crippen LogP contribution in [-0.4, -0.2) is 42.3 Å². The van der Waals surface area contributed by atoms with E-state index >= 15 is 0 Å². The summed E-state index contributed by atoms with van der Waals surface area (Å²) in [5.41, 5.74) is 0. The van der Waals surface area contributed by atoms with Gasteiger partial charge in [0.2, 0.25) is 0 Å². The van der Waals surface area contributed by atoms with Gasteiger partial charge in [0.15, 0.2) is 5.82 Å². The Morgan fingerprint density at radius 2 is 2.24 bits per heavy atom. The van der Waals surface area contributed by atoms with E-state index in [-0.39, 0.29) is 12.1 Å². The molecule has 2 heterocycles. The minimum absolute atomic E-state index is 0.215. The number of likely N-dealkylation sites (tertiary alicyclic amines) is 1. The van der Waals surface area contributed by atoms with Crippen molar-refractivity contribution in [3.63, 3.8) is 0 Å². The van der Waals surface area contributed by atoms with Crippen LogP contribution >= 0.6 is 0 Å². The number of piperidine rings is 1. The number of aromatic nitrogens is 1. The Morgan fingerprint density at radius 3 is 2.82 bits per heavy atom. The van der Waals surface area contributed by atoms with Crippen molar-refractivity contribution >= 4 is 11.8 Å². The van der Waals surface area contributed by atoms with Crippen molar-refractivity contribution in [1.29, 1.82) is 0 Å². The number of aryl methyl sites for hydroxylation is 1. The van der Waals surface area contributed by atoms with Crippen molar-refractivity contribution in [1.82, 2.24) is 15.4 Å². The largest absolute Gasteiger partial charge is 0.360 e. The number of carbonyl (C=O) groups excluding carboxylic acids is 1. The zero-order chi connectivity index (χ0) is 12.3. The first-order valence-electron chi connectivity index (χ1n) is 5.83. The lowest BCUT2D eigenvalue weighted by Crippen LogP contribution is -2.44. The third-order valence-corrected chi connectivity index (χ3v) is 2.92. The molecule has 17 heavy (non-hydrogen) atoms. The fourth-order valence-corrected chi connectivity index (χ4v) is 1.92. The molecule has 1 aromatic heterocycles. The van der Waals surface area contributed by atoms with Crippen LogP contribution in [0.25, 0.3) is 0 Å². The second-order valence-electron chi connectivity index (χ2n) is 4.50. The fourth-order valence-electron chi connectivity index (χ4n) is 1.92. The molecule has 0 atom stereocenters. The molecule has 6 heteroatoms. The molecule has 1 saturated heterocycles. The maximum atomic E-state index is 11.7. The van der Waals surface area contributed by atoms with Gasteiger partial charge in [0.25, 0.3) is 0 Å². The summed E-state index contributed by atoms with van der Waals surface area (Å²) >= 11 is 0. The molecule has 2 amide bonds. The molecule has 0 spiro atoms. The Morgan fingerprint density at radius 1 is 1.53 bits per heavy atom. The average Bonchev–Trinajstić information content (AvgIpc) is 2.67. The molecule has 6 nitrogen and oxygen atoms in total. The predicted molar refractivity (Wildman–Crippen MR) is 63.9 cm³/mol. The molecule has 1 aliphatic heterocycles. The smallest absolute Gasteiger partial charge is 0.320 e. The summed E-state index contributed by atoms with van der Waals surface area (Å²) in [6, 6.07) is 1.72. The summed E-state index contributed by atoms with van der Waals surface area (Å²) < 4.78 is 4.87. The molecule has 0 radical (unpaired) electrons. The Kier molecular flexibility index (Phi) is 3.63. The zero-order valence-electron chi connectivity index (χ0n) is 10.2. The van der Waals surface area contributed by atoms with Crippen molar-refractivity contribution in [3.8, 4) is 0 Å². The predicted octanol–water partition coefficient (Wildman–Crippen LogP) is 1.20. The molecular weight excluding hydrogens is 220 g/mol. The minimum Gasteiger partial charge on any atom is -0.360 e. The maximum Gasteiger partial charge on any atom is 0.320 e. The molecule has 0 aromatic carbocycles. The van der Waals surface area contributed by atoms with Crippen molar-refractivity contribution in [3.05, 3.63) is 11.8 Å². The summed E-state index contributed by atoms with van der Waals surface area (Å²) in [5.74, 6) is 1.13. The molecule has 2 rings (SSSR count). The Balaban J connectivity index is 1.77. The lowest BCUT2D eigenvalue weighted by molar-refractivity contribution is 0.221. The number of anilines is 1. The number of rotatable bonds is 2. The number of carbonyl (C=O) groups is 1. The highest BCUT2D eigenvalue weighted by Crippen LogP contribution is 2.10. The van der Waals surface area contributed by atoms with Gasteiger partial charge in [-0.1, -0.05) is 5.16 Å². The van der Waals surface area contributed by atoms with E-state index in [1.165, 1.54) is 0 Å². The molecule has 0 unspecified atom stereocenters. The summed E-state index contributed by atoms with van der Waals surface area (Å²) in [7, 11) is 2.09. The van der Waals surface area contributed by atoms with E-state index in [4.69, 9.17) is 4.52 Å². The number of hydrogen-bond donors (Lipinski definition) is 2. The van der Waals surface area contributed by atoms with Crippen molar-refractivity contribution in [2.24, 2.45) is 0 Å². The Labute approximate surface area is 100 Å². The standard InChI is InChI=1S/C11H18N4O2/c1-8-7-10(14-17-8)13-11(16)12-9-3-5-15(2)6-4-9/h7,9H,3-6H2,1-2H3,(H2,12,13,14,16). The third kappa shape index (κ3) is 3.45. The Hall–Kier alpha value is -1.56. The quantitative estimate of drug-likeness (QED) is 0.812. The lowest BCUT2D eigenvalue weighted by Gasteiger charge is -2.29. The van der Waals surface area contributed by atoms with E-state index in [0.717, 1.165) is 25.9 Å². The molecule has 0 bridgehead atoms. The van der Waals surface area contributed by atoms with E-state index in [0.29, 0.717) is 11.6 Å². The van der Waals surface area contributed by atoms with Gasteiger partial charge in [-0.25, -0.2) is 4.79 Å². The van der Waals surface area contributed by atoms with Crippen molar-refractivity contribution < 1.29 is 9.32 Å². The van der Waals surface area contributed by atoms with Gasteiger partial charge in [-0.15, -0.1) is 0 Å². The zero-order valence-corrected chi connectivity index (χ0v) is 10.2. The molecule has 2 N–H and O–H groups in total. The van der Waals surface area contributed by atoms with Crippen molar-refractivity contribution in [2.45, 2.75) is 25.8 Å². The van der Waals surface area contributed by atoms with Crippen LogP contribution in [0.4, 0.5) is 10.6 Å². The first-order valence-corrected chi connectivity index (χ1v) is 5.83. The van der Waals surface area contributed by atoms with Crippen LogP contribution in [0.15, 0.2) is 10.6 Å². The van der Waals surface area contributed by atoms with Crippen LogP contribution in [0.2, 0.25) is 0 Å². The van der Waals surface area contributed by atoms with Gasteiger partial charge in [-0.05, 0) is 39.9 Å². The highest BCUT2D eigenvalue weighted by molar-refractivity contribution is 5.88. The normalized spacial score (nSPS) is 18.0. The van der Waals surface area contributed by atoms with Gasteiger partial charge < -0.3 is 14.7 Å². The van der Waals surface area contributed by atoms with Gasteiger partial charge >= 0.3 is 6.03 Å². The number of hydrogen-bond acceptors (Lipinski definition) is 4. The minimum atomic E-state index is -0.215. The second-order valence-corrected chi connectivity index (χ2v) is 4.50. The summed E-state index contributed by atoms with van der Waals surface area (Å²) in [6.07, 6.45) is 1.98. The molecule has 0 saturated carbocycles. The van der Waals surface area contributed by atoms with E-state index in [2.05, 4.69) is 27.7 Å². The van der Waals surface area contributed by atoms with Gasteiger partial charge in [-0.3, -0.25) is 5.32 Å². The highest BCUT2D eigenvalue weighted by atomic mass is 16.5. The van der Waals surface area contributed by atoms with Crippen LogP contribution in [0.1, 0.15) is 18.6 Å². The molecule has 1 fully saturated rings. The SMILES string of the molecule is Cc1cc(NC(=O)NC2CCN(C)CC2)no1. The maximum absolute atomic E-state index is 11.7. The monoisotopic (exact) mass is 238 g/mol. The van der Waals surface area contributed by atoms with Gasteiger partial charge in [0.1, 0.15) is 5.76 Å². The van der Waals surface area contributed by atoms with E-state index in [1.54, 1.807) is 13.0 Å². The highest BCUT2D eigenvalue weighted by Gasteiger charge is 2.18. The first kappa shape index (κ1) is 11.9. The molecular formula is C11H18N4O2. The van der Waals surface area contributed by atoms with E-state index in [1.807, 2.05) is 0 Å². The molecule has 1 aliphatic rings. The van der Waals surface area contributed by atoms with Crippen LogP contribution in [-0.2, 0) is 0 Å². The van der Waals surface area contributed by atoms with Crippen LogP contribution < -0.4 is 10.6 Å². The average molecular weight is 238 g/mol. The summed E-state index contributed by atoms with van der Waals surface area (Å²) in [4.78, 5) is 13.9. The number of nitrogens with one attached hydrogen (secondary N) is 2. The van der Waals surface area contributed by atoms with Crippen LogP contribution in [0.3, 0.4) is 0 Å². The van der Waals surface area contributed by atoms with Gasteiger partial charge in [0.05, 0.1) is 0 Å². The fraction of sp³-hybridized carbons (Fsp3) is 0.636. The van der Waals surface area contributed by atoms with Crippen LogP contribution in [0, 0.1) is 6.92 Å². The number of urea groups is 1. The second kappa shape index (κ2) is 5.18. The summed E-state index contributed by atoms with van der Waals surface area (Å²) in [5, 5.41) is 9.30. The van der Waals surface area contributed by atoms with Crippen molar-refractivity contribution in [2.75, 3.05) is 25.5 Å². The van der Waals surface area contributed by atoms with E-state index in [9.17, 15) is 4.79 Å². The Bertz CT molecular complexity index is 383. The van der Waals surface area contributed by atoms with E-state index < -0.39 is 0 Å².